The molecular formula is C40H77NO8. The van der Waals surface area contributed by atoms with Gasteiger partial charge in [-0.15, -0.1) is 0 Å². The monoisotopic (exact) mass is 700 g/mol. The second-order valence-corrected chi connectivity index (χ2v) is 14.4. The number of nitrogens with one attached hydrogen (secondary N) is 1. The minimum absolute atomic E-state index is 0.178. The highest BCUT2D eigenvalue weighted by molar-refractivity contribution is 5.76. The molecule has 1 saturated heterocycles. The Balaban J connectivity index is 2.35. The van der Waals surface area contributed by atoms with E-state index in [1.807, 2.05) is 6.08 Å². The first kappa shape index (κ1) is 46.0. The third-order valence-corrected chi connectivity index (χ3v) is 9.86. The average molecular weight is 700 g/mol. The summed E-state index contributed by atoms with van der Waals surface area (Å²) in [6.07, 6.45) is 26.9. The van der Waals surface area contributed by atoms with Crippen molar-refractivity contribution in [2.45, 2.75) is 224 Å². The van der Waals surface area contributed by atoms with Crippen molar-refractivity contribution in [3.8, 4) is 0 Å². The fraction of sp³-hybridized carbons (Fsp3) is 0.925. The van der Waals surface area contributed by atoms with Crippen LogP contribution in [0.4, 0.5) is 0 Å². The molecule has 1 heterocycles. The third kappa shape index (κ3) is 23.2. The Kier molecular flexibility index (Phi) is 29.7. The van der Waals surface area contributed by atoms with Gasteiger partial charge in [0.1, 0.15) is 24.4 Å². The Morgan fingerprint density at radius 1 is 0.673 bits per heavy atom. The average Bonchev–Trinajstić information content (AvgIpc) is 3.10. The summed E-state index contributed by atoms with van der Waals surface area (Å²) in [5.41, 5.74) is 0. The maximum Gasteiger partial charge on any atom is 0.220 e. The lowest BCUT2D eigenvalue weighted by molar-refractivity contribution is -0.302. The number of hydrogen-bond donors (Lipinski definition) is 6. The first-order chi connectivity index (χ1) is 23.8. The summed E-state index contributed by atoms with van der Waals surface area (Å²) >= 11 is 0. The molecule has 9 heteroatoms. The van der Waals surface area contributed by atoms with Crippen LogP contribution < -0.4 is 5.32 Å². The summed E-state index contributed by atoms with van der Waals surface area (Å²) in [6, 6.07) is -0.795. The molecule has 0 aliphatic carbocycles. The summed E-state index contributed by atoms with van der Waals surface area (Å²) in [5, 5.41) is 53.8. The maximum absolute atomic E-state index is 12.9. The SMILES string of the molecule is CCCCCCCCC/C=C/C(O)C(COC1OC(CO)C(O)C(O)C1O)NC(=O)CCCCCCCCCCCCCCCCCCC. The Bertz CT molecular complexity index is 781. The zero-order valence-corrected chi connectivity index (χ0v) is 31.5. The summed E-state index contributed by atoms with van der Waals surface area (Å²) < 4.78 is 11.1. The van der Waals surface area contributed by atoms with Gasteiger partial charge < -0.3 is 40.3 Å². The lowest BCUT2D eigenvalue weighted by Crippen LogP contribution is -2.60. The van der Waals surface area contributed by atoms with Crippen LogP contribution in [0, 0.1) is 0 Å². The van der Waals surface area contributed by atoms with Crippen molar-refractivity contribution >= 4 is 5.91 Å². The van der Waals surface area contributed by atoms with Gasteiger partial charge in [-0.25, -0.2) is 0 Å². The van der Waals surface area contributed by atoms with Gasteiger partial charge in [-0.3, -0.25) is 4.79 Å². The first-order valence-corrected chi connectivity index (χ1v) is 20.4. The van der Waals surface area contributed by atoms with E-state index in [1.165, 1.54) is 122 Å². The molecule has 290 valence electrons. The van der Waals surface area contributed by atoms with Crippen LogP contribution in [0.2, 0.25) is 0 Å². The molecule has 49 heavy (non-hydrogen) atoms. The van der Waals surface area contributed by atoms with Crippen molar-refractivity contribution in [2.24, 2.45) is 0 Å². The van der Waals surface area contributed by atoms with Crippen molar-refractivity contribution < 1.29 is 39.8 Å². The van der Waals surface area contributed by atoms with Crippen molar-refractivity contribution in [3.05, 3.63) is 12.2 Å². The number of aliphatic hydroxyl groups is 5. The number of aliphatic hydroxyl groups excluding tert-OH is 5. The summed E-state index contributed by atoms with van der Waals surface area (Å²) in [5.74, 6) is -0.178. The number of allylic oxidation sites excluding steroid dienone is 1. The molecule has 9 nitrogen and oxygen atoms in total. The van der Waals surface area contributed by atoms with E-state index in [2.05, 4.69) is 19.2 Å². The van der Waals surface area contributed by atoms with Gasteiger partial charge in [0.15, 0.2) is 6.29 Å². The van der Waals surface area contributed by atoms with Crippen LogP contribution in [0.3, 0.4) is 0 Å². The minimum atomic E-state index is -1.56. The molecule has 1 aliphatic rings. The lowest BCUT2D eigenvalue weighted by Gasteiger charge is -2.40. The number of rotatable bonds is 33. The molecule has 0 spiro atoms. The van der Waals surface area contributed by atoms with E-state index in [0.717, 1.165) is 38.5 Å². The van der Waals surface area contributed by atoms with Crippen LogP contribution >= 0.6 is 0 Å². The minimum Gasteiger partial charge on any atom is -0.394 e. The molecule has 0 aromatic rings. The Morgan fingerprint density at radius 2 is 1.12 bits per heavy atom. The molecule has 1 amide bonds. The zero-order valence-electron chi connectivity index (χ0n) is 31.5. The van der Waals surface area contributed by atoms with E-state index in [9.17, 15) is 30.3 Å². The smallest absolute Gasteiger partial charge is 0.220 e. The van der Waals surface area contributed by atoms with Gasteiger partial charge in [0.05, 0.1) is 25.4 Å². The summed E-state index contributed by atoms with van der Waals surface area (Å²) in [7, 11) is 0. The highest BCUT2D eigenvalue weighted by Gasteiger charge is 2.44. The standard InChI is InChI=1S/C40H77NO8/c1-3-5-7-9-11-13-14-15-16-17-18-19-20-22-24-26-28-30-36(44)41-33(34(43)29-27-25-23-21-12-10-8-6-4-2)32-48-40-39(47)38(46)37(45)35(31-42)49-40/h27,29,33-35,37-40,42-43,45-47H,3-26,28,30-32H2,1-2H3,(H,41,44)/b29-27+. The van der Waals surface area contributed by atoms with Crippen LogP contribution in [0.25, 0.3) is 0 Å². The maximum atomic E-state index is 12.9. The van der Waals surface area contributed by atoms with Crippen LogP contribution in [0.5, 0.6) is 0 Å². The van der Waals surface area contributed by atoms with Crippen molar-refractivity contribution in [2.75, 3.05) is 13.2 Å². The van der Waals surface area contributed by atoms with E-state index < -0.39 is 49.5 Å². The van der Waals surface area contributed by atoms with E-state index >= 15 is 0 Å². The summed E-state index contributed by atoms with van der Waals surface area (Å²) in [6.45, 7) is 3.73. The zero-order chi connectivity index (χ0) is 36.0. The van der Waals surface area contributed by atoms with Gasteiger partial charge in [0.2, 0.25) is 5.91 Å². The van der Waals surface area contributed by atoms with E-state index in [1.54, 1.807) is 6.08 Å². The third-order valence-electron chi connectivity index (χ3n) is 9.86. The second-order valence-electron chi connectivity index (χ2n) is 14.4. The highest BCUT2D eigenvalue weighted by Crippen LogP contribution is 2.22. The Labute approximate surface area is 299 Å². The molecule has 7 unspecified atom stereocenters. The largest absolute Gasteiger partial charge is 0.394 e. The molecule has 0 radical (unpaired) electrons. The van der Waals surface area contributed by atoms with Gasteiger partial charge in [0, 0.05) is 6.42 Å². The van der Waals surface area contributed by atoms with Crippen LogP contribution in [-0.2, 0) is 14.3 Å². The lowest BCUT2D eigenvalue weighted by atomic mass is 9.99. The number of carbonyl (C=O) groups is 1. The Hall–Kier alpha value is -1.07. The highest BCUT2D eigenvalue weighted by atomic mass is 16.7. The molecule has 1 aliphatic heterocycles. The van der Waals surface area contributed by atoms with E-state index in [0.29, 0.717) is 6.42 Å². The molecule has 1 fully saturated rings. The fourth-order valence-electron chi connectivity index (χ4n) is 6.51. The Morgan fingerprint density at radius 3 is 1.59 bits per heavy atom. The van der Waals surface area contributed by atoms with Gasteiger partial charge in [0.25, 0.3) is 0 Å². The quantitative estimate of drug-likeness (QED) is 0.0307. The molecule has 1 rings (SSSR count). The predicted octanol–water partition coefficient (Wildman–Crippen LogP) is 7.39. The number of carbonyl (C=O) groups excluding carboxylic acids is 1. The molecule has 6 N–H and O–H groups in total. The molecule has 0 bridgehead atoms. The van der Waals surface area contributed by atoms with Crippen molar-refractivity contribution in [1.82, 2.24) is 5.32 Å². The van der Waals surface area contributed by atoms with E-state index in [4.69, 9.17) is 9.47 Å². The van der Waals surface area contributed by atoms with Crippen LogP contribution in [0.15, 0.2) is 12.2 Å². The molecule has 0 saturated carbocycles. The molecule has 0 aromatic carbocycles. The number of hydrogen-bond acceptors (Lipinski definition) is 8. The van der Waals surface area contributed by atoms with Gasteiger partial charge in [-0.1, -0.05) is 167 Å². The second kappa shape index (κ2) is 31.6. The van der Waals surface area contributed by atoms with Crippen LogP contribution in [0.1, 0.15) is 181 Å². The molecular weight excluding hydrogens is 622 g/mol. The number of ether oxygens (including phenoxy) is 2. The van der Waals surface area contributed by atoms with Gasteiger partial charge >= 0.3 is 0 Å². The summed E-state index contributed by atoms with van der Waals surface area (Å²) in [4.78, 5) is 12.9. The van der Waals surface area contributed by atoms with Gasteiger partial charge in [-0.2, -0.15) is 0 Å². The first-order valence-electron chi connectivity index (χ1n) is 20.4. The normalized spacial score (nSPS) is 22.5. The van der Waals surface area contributed by atoms with E-state index in [-0.39, 0.29) is 12.5 Å². The molecule has 7 atom stereocenters. The fourth-order valence-corrected chi connectivity index (χ4v) is 6.51. The number of unbranched alkanes of at least 4 members (excludes halogenated alkanes) is 23. The van der Waals surface area contributed by atoms with Crippen molar-refractivity contribution in [1.29, 1.82) is 0 Å². The number of amides is 1. The predicted molar refractivity (Wildman–Crippen MR) is 198 cm³/mol. The molecule has 0 aromatic heterocycles. The van der Waals surface area contributed by atoms with Gasteiger partial charge in [-0.05, 0) is 19.3 Å². The van der Waals surface area contributed by atoms with Crippen LogP contribution in [-0.4, -0.2) is 87.5 Å². The van der Waals surface area contributed by atoms with Crippen molar-refractivity contribution in [3.63, 3.8) is 0 Å². The topological polar surface area (TPSA) is 149 Å².